The van der Waals surface area contributed by atoms with E-state index in [0.717, 1.165) is 12.3 Å². The molecule has 0 fully saturated rings. The summed E-state index contributed by atoms with van der Waals surface area (Å²) in [5.41, 5.74) is -1.66. The number of hydrogen-bond acceptors (Lipinski definition) is 11. The molecule has 3 aromatic heterocycles. The van der Waals surface area contributed by atoms with Crippen LogP contribution >= 0.6 is 0 Å². The van der Waals surface area contributed by atoms with Crippen LogP contribution in [0.2, 0.25) is 0 Å². The van der Waals surface area contributed by atoms with E-state index >= 15 is 0 Å². The third-order valence-corrected chi connectivity index (χ3v) is 4.81. The van der Waals surface area contributed by atoms with Crippen molar-refractivity contribution in [2.45, 2.75) is 12.6 Å². The standard InChI is InChI=1S/C22H17F3N4O8/c23-22(24,25)18-14(11-36-28-18)15-10-27-19-20(26-4-5-29(15)19)37-12-1-2-13(16(31)9-12)21(33)35-8-7-34-17(32)3-6-30/h1-2,4-5,9-11,30-31H,3,6-8H2. The average Bonchev–Trinajstić information content (AvgIpc) is 3.49. The normalized spacial score (nSPS) is 11.5. The predicted octanol–water partition coefficient (Wildman–Crippen LogP) is 2.98. The third-order valence-electron chi connectivity index (χ3n) is 4.81. The van der Waals surface area contributed by atoms with Gasteiger partial charge in [0.25, 0.3) is 5.88 Å². The molecule has 0 aliphatic rings. The molecule has 3 heterocycles. The molecule has 4 aromatic rings. The van der Waals surface area contributed by atoms with Crippen molar-refractivity contribution in [3.63, 3.8) is 0 Å². The van der Waals surface area contributed by atoms with Gasteiger partial charge in [-0.15, -0.1) is 0 Å². The van der Waals surface area contributed by atoms with E-state index in [2.05, 4.69) is 19.6 Å². The summed E-state index contributed by atoms with van der Waals surface area (Å²) in [5.74, 6) is -2.10. The first-order valence-corrected chi connectivity index (χ1v) is 10.5. The van der Waals surface area contributed by atoms with Gasteiger partial charge in [-0.3, -0.25) is 9.20 Å². The molecule has 1 aromatic carbocycles. The number of aliphatic hydroxyl groups excluding tert-OH is 1. The molecule has 4 rings (SSSR count). The number of carbonyl (C=O) groups excluding carboxylic acids is 2. The second-order valence-corrected chi connectivity index (χ2v) is 7.26. The van der Waals surface area contributed by atoms with E-state index in [1.807, 2.05) is 0 Å². The number of phenolic OH excluding ortho intramolecular Hbond substituents is 1. The van der Waals surface area contributed by atoms with E-state index in [1.165, 1.54) is 35.1 Å². The molecule has 15 heteroatoms. The van der Waals surface area contributed by atoms with Crippen LogP contribution in [0.3, 0.4) is 0 Å². The minimum absolute atomic E-state index is 0.0267. The zero-order chi connectivity index (χ0) is 26.6. The van der Waals surface area contributed by atoms with E-state index in [1.54, 1.807) is 0 Å². The molecule has 0 amide bonds. The van der Waals surface area contributed by atoms with Gasteiger partial charge in [-0.1, -0.05) is 5.16 Å². The van der Waals surface area contributed by atoms with Crippen molar-refractivity contribution < 1.29 is 51.7 Å². The van der Waals surface area contributed by atoms with Gasteiger partial charge in [-0.05, 0) is 12.1 Å². The quantitative estimate of drug-likeness (QED) is 0.246. The largest absolute Gasteiger partial charge is 0.507 e. The zero-order valence-corrected chi connectivity index (χ0v) is 18.6. The molecule has 194 valence electrons. The Balaban J connectivity index is 1.48. The summed E-state index contributed by atoms with van der Waals surface area (Å²) >= 11 is 0. The molecule has 0 saturated carbocycles. The van der Waals surface area contributed by atoms with Crippen LogP contribution in [0.25, 0.3) is 16.9 Å². The summed E-state index contributed by atoms with van der Waals surface area (Å²) in [6, 6.07) is 3.65. The lowest BCUT2D eigenvalue weighted by atomic mass is 10.2. The maximum Gasteiger partial charge on any atom is 0.437 e. The number of aromatic hydroxyl groups is 1. The van der Waals surface area contributed by atoms with Crippen molar-refractivity contribution in [3.8, 4) is 28.6 Å². The van der Waals surface area contributed by atoms with Gasteiger partial charge in [0.2, 0.25) is 5.65 Å². The summed E-state index contributed by atoms with van der Waals surface area (Å²) < 4.78 is 60.8. The van der Waals surface area contributed by atoms with Gasteiger partial charge in [0.05, 0.1) is 30.5 Å². The van der Waals surface area contributed by atoms with Crippen LogP contribution in [-0.2, 0) is 20.4 Å². The number of phenols is 1. The number of ether oxygens (including phenoxy) is 3. The molecule has 0 saturated heterocycles. The van der Waals surface area contributed by atoms with Crippen molar-refractivity contribution in [1.29, 1.82) is 0 Å². The Labute approximate surface area is 204 Å². The van der Waals surface area contributed by atoms with Crippen LogP contribution in [0.15, 0.2) is 47.6 Å². The molecular formula is C22H17F3N4O8. The van der Waals surface area contributed by atoms with Gasteiger partial charge < -0.3 is 28.9 Å². The Morgan fingerprint density at radius 2 is 1.92 bits per heavy atom. The molecular weight excluding hydrogens is 505 g/mol. The number of imidazole rings is 1. The Hall–Kier alpha value is -4.66. The Morgan fingerprint density at radius 3 is 2.65 bits per heavy atom. The summed E-state index contributed by atoms with van der Waals surface area (Å²) in [6.45, 7) is -0.870. The van der Waals surface area contributed by atoms with E-state index in [9.17, 15) is 27.9 Å². The van der Waals surface area contributed by atoms with Gasteiger partial charge in [-0.25, -0.2) is 14.8 Å². The number of esters is 2. The number of aromatic nitrogens is 4. The molecule has 37 heavy (non-hydrogen) atoms. The fourth-order valence-electron chi connectivity index (χ4n) is 3.18. The lowest BCUT2D eigenvalue weighted by Gasteiger charge is -2.10. The first-order chi connectivity index (χ1) is 17.7. The summed E-state index contributed by atoms with van der Waals surface area (Å²) in [4.78, 5) is 31.4. The van der Waals surface area contributed by atoms with Crippen molar-refractivity contribution >= 4 is 17.6 Å². The summed E-state index contributed by atoms with van der Waals surface area (Å²) in [6.07, 6.45) is -0.272. The second kappa shape index (κ2) is 10.5. The van der Waals surface area contributed by atoms with E-state index < -0.39 is 29.6 Å². The first kappa shape index (κ1) is 25.4. The van der Waals surface area contributed by atoms with Crippen molar-refractivity contribution in [2.24, 2.45) is 0 Å². The monoisotopic (exact) mass is 522 g/mol. The maximum atomic E-state index is 13.2. The molecule has 0 atom stereocenters. The molecule has 0 aliphatic carbocycles. The van der Waals surface area contributed by atoms with Gasteiger partial charge in [-0.2, -0.15) is 13.2 Å². The number of nitrogens with zero attached hydrogens (tertiary/aromatic N) is 4. The Morgan fingerprint density at radius 1 is 1.14 bits per heavy atom. The highest BCUT2D eigenvalue weighted by molar-refractivity contribution is 5.92. The molecule has 0 spiro atoms. The fraction of sp³-hybridized carbons (Fsp3) is 0.227. The molecule has 0 aliphatic heterocycles. The molecule has 0 radical (unpaired) electrons. The van der Waals surface area contributed by atoms with Gasteiger partial charge in [0, 0.05) is 18.5 Å². The number of fused-ring (bicyclic) bond motifs is 1. The highest BCUT2D eigenvalue weighted by Crippen LogP contribution is 2.37. The van der Waals surface area contributed by atoms with Crippen LogP contribution in [0, 0.1) is 0 Å². The number of benzene rings is 1. The number of halogens is 3. The van der Waals surface area contributed by atoms with Gasteiger partial charge >= 0.3 is 18.1 Å². The van der Waals surface area contributed by atoms with E-state index in [0.29, 0.717) is 0 Å². The highest BCUT2D eigenvalue weighted by Gasteiger charge is 2.38. The number of alkyl halides is 3. The minimum Gasteiger partial charge on any atom is -0.507 e. The number of hydrogen-bond donors (Lipinski definition) is 2. The molecule has 0 unspecified atom stereocenters. The van der Waals surface area contributed by atoms with Crippen LogP contribution in [0.1, 0.15) is 22.5 Å². The number of carbonyl (C=O) groups is 2. The summed E-state index contributed by atoms with van der Waals surface area (Å²) in [5, 5.41) is 21.9. The number of aliphatic hydroxyl groups is 1. The SMILES string of the molecule is O=C(CCO)OCCOC(=O)c1ccc(Oc2nccn3c(-c4conc4C(F)(F)F)cnc23)cc1O. The predicted molar refractivity (Wildman–Crippen MR) is 115 cm³/mol. The van der Waals surface area contributed by atoms with Crippen LogP contribution in [0.4, 0.5) is 13.2 Å². The molecule has 12 nitrogen and oxygen atoms in total. The second-order valence-electron chi connectivity index (χ2n) is 7.26. The molecule has 0 bridgehead atoms. The smallest absolute Gasteiger partial charge is 0.437 e. The van der Waals surface area contributed by atoms with Gasteiger partial charge in [0.1, 0.15) is 36.5 Å². The lowest BCUT2D eigenvalue weighted by Crippen LogP contribution is -2.14. The Kier molecular flexibility index (Phi) is 7.24. The van der Waals surface area contributed by atoms with E-state index in [4.69, 9.17) is 19.3 Å². The van der Waals surface area contributed by atoms with Crippen molar-refractivity contribution in [2.75, 3.05) is 19.8 Å². The van der Waals surface area contributed by atoms with Crippen molar-refractivity contribution in [1.82, 2.24) is 19.5 Å². The molecule has 2 N–H and O–H groups in total. The van der Waals surface area contributed by atoms with Crippen molar-refractivity contribution in [3.05, 3.63) is 54.3 Å². The lowest BCUT2D eigenvalue weighted by molar-refractivity contribution is -0.145. The van der Waals surface area contributed by atoms with Crippen LogP contribution < -0.4 is 4.74 Å². The minimum atomic E-state index is -4.75. The highest BCUT2D eigenvalue weighted by atomic mass is 19.4. The van der Waals surface area contributed by atoms with Crippen LogP contribution in [0.5, 0.6) is 17.4 Å². The topological polar surface area (TPSA) is 159 Å². The Bertz CT molecular complexity index is 1430. The van der Waals surface area contributed by atoms with Crippen LogP contribution in [-0.4, -0.2) is 61.5 Å². The average molecular weight is 522 g/mol. The zero-order valence-electron chi connectivity index (χ0n) is 18.6. The number of rotatable bonds is 9. The third kappa shape index (κ3) is 5.61. The van der Waals surface area contributed by atoms with E-state index in [-0.39, 0.29) is 60.3 Å². The summed E-state index contributed by atoms with van der Waals surface area (Å²) in [7, 11) is 0. The fourth-order valence-corrected chi connectivity index (χ4v) is 3.18. The van der Waals surface area contributed by atoms with Gasteiger partial charge in [0.15, 0.2) is 5.69 Å². The maximum absolute atomic E-state index is 13.2. The first-order valence-electron chi connectivity index (χ1n) is 10.5.